The summed E-state index contributed by atoms with van der Waals surface area (Å²) in [5.41, 5.74) is 7.09. The number of amides is 3. The van der Waals surface area contributed by atoms with E-state index in [1.54, 1.807) is 30.3 Å². The second-order valence-electron chi connectivity index (χ2n) is 2.52. The molecule has 0 aliphatic heterocycles. The van der Waals surface area contributed by atoms with Gasteiger partial charge in [-0.25, -0.2) is 16.1 Å². The van der Waals surface area contributed by atoms with Gasteiger partial charge in [0.25, 0.3) is 5.91 Å². The van der Waals surface area contributed by atoms with Gasteiger partial charge in [-0.1, -0.05) is 18.2 Å². The smallest absolute Gasteiger partial charge is 0.332 e. The van der Waals surface area contributed by atoms with Crippen molar-refractivity contribution in [2.75, 3.05) is 0 Å². The van der Waals surface area contributed by atoms with Gasteiger partial charge in [-0.05, 0) is 12.1 Å². The van der Waals surface area contributed by atoms with Gasteiger partial charge in [0.15, 0.2) is 0 Å². The number of hydrogen-bond donors (Lipinski definition) is 3. The molecule has 0 aromatic heterocycles. The van der Waals surface area contributed by atoms with Crippen molar-refractivity contribution in [2.45, 2.75) is 0 Å². The molecule has 0 aliphatic rings. The Labute approximate surface area is 80.4 Å². The first-order valence-corrected chi connectivity index (χ1v) is 3.81. The van der Waals surface area contributed by atoms with Crippen LogP contribution >= 0.6 is 0 Å². The zero-order chi connectivity index (χ0) is 10.6. The van der Waals surface area contributed by atoms with Crippen molar-refractivity contribution in [3.05, 3.63) is 35.9 Å². The SMILES string of the molecule is NC(=O)NN(N)C(=O)c1ccccc1. The summed E-state index contributed by atoms with van der Waals surface area (Å²) >= 11 is 0. The summed E-state index contributed by atoms with van der Waals surface area (Å²) in [5.74, 6) is 4.68. The van der Waals surface area contributed by atoms with Gasteiger partial charge >= 0.3 is 6.03 Å². The molecule has 6 heteroatoms. The molecule has 0 atom stereocenters. The van der Waals surface area contributed by atoms with Gasteiger partial charge in [-0.15, -0.1) is 0 Å². The van der Waals surface area contributed by atoms with E-state index in [0.29, 0.717) is 10.7 Å². The number of carbonyl (C=O) groups is 2. The fourth-order valence-corrected chi connectivity index (χ4v) is 0.889. The third-order valence-corrected chi connectivity index (χ3v) is 1.47. The minimum Gasteiger partial charge on any atom is -0.350 e. The monoisotopic (exact) mass is 194 g/mol. The molecular weight excluding hydrogens is 184 g/mol. The largest absolute Gasteiger partial charge is 0.350 e. The highest BCUT2D eigenvalue weighted by molar-refractivity contribution is 5.94. The van der Waals surface area contributed by atoms with Gasteiger partial charge in [-0.3, -0.25) is 4.79 Å². The topological polar surface area (TPSA) is 101 Å². The molecule has 0 saturated carbocycles. The maximum atomic E-state index is 11.4. The molecule has 1 rings (SSSR count). The minimum atomic E-state index is -0.892. The molecule has 5 N–H and O–H groups in total. The number of rotatable bonds is 1. The predicted molar refractivity (Wildman–Crippen MR) is 49.5 cm³/mol. The third kappa shape index (κ3) is 2.46. The average molecular weight is 194 g/mol. The lowest BCUT2D eigenvalue weighted by Crippen LogP contribution is -2.52. The van der Waals surface area contributed by atoms with Crippen LogP contribution in [-0.4, -0.2) is 17.1 Å². The van der Waals surface area contributed by atoms with Gasteiger partial charge in [0, 0.05) is 5.56 Å². The highest BCUT2D eigenvalue weighted by Gasteiger charge is 2.12. The number of benzene rings is 1. The summed E-state index contributed by atoms with van der Waals surface area (Å²) in [6.07, 6.45) is 0. The summed E-state index contributed by atoms with van der Waals surface area (Å²) < 4.78 is 0. The first kappa shape index (κ1) is 10.0. The zero-order valence-electron chi connectivity index (χ0n) is 7.31. The highest BCUT2D eigenvalue weighted by atomic mass is 16.2. The molecule has 0 unspecified atom stereocenters. The summed E-state index contributed by atoms with van der Waals surface area (Å²) in [6.45, 7) is 0. The molecule has 14 heavy (non-hydrogen) atoms. The number of carbonyl (C=O) groups excluding carboxylic acids is 2. The molecule has 0 heterocycles. The van der Waals surface area contributed by atoms with Crippen molar-refractivity contribution >= 4 is 11.9 Å². The maximum Gasteiger partial charge on any atom is 0.332 e. The van der Waals surface area contributed by atoms with Gasteiger partial charge in [0.1, 0.15) is 0 Å². The highest BCUT2D eigenvalue weighted by Crippen LogP contribution is 1.99. The Morgan fingerprint density at radius 2 is 1.79 bits per heavy atom. The first-order valence-electron chi connectivity index (χ1n) is 3.81. The van der Waals surface area contributed by atoms with Crippen LogP contribution in [0.25, 0.3) is 0 Å². The fraction of sp³-hybridized carbons (Fsp3) is 0. The number of hydrogen-bond acceptors (Lipinski definition) is 3. The quantitative estimate of drug-likeness (QED) is 0.321. The Morgan fingerprint density at radius 1 is 1.21 bits per heavy atom. The van der Waals surface area contributed by atoms with Crippen molar-refractivity contribution in [3.8, 4) is 0 Å². The van der Waals surface area contributed by atoms with Crippen LogP contribution in [0.1, 0.15) is 10.4 Å². The van der Waals surface area contributed by atoms with E-state index in [-0.39, 0.29) is 0 Å². The van der Waals surface area contributed by atoms with Crippen LogP contribution in [0, 0.1) is 0 Å². The molecule has 0 spiro atoms. The molecule has 0 radical (unpaired) electrons. The lowest BCUT2D eigenvalue weighted by atomic mass is 10.2. The Morgan fingerprint density at radius 3 is 2.29 bits per heavy atom. The Balaban J connectivity index is 2.71. The first-order chi connectivity index (χ1) is 6.61. The van der Waals surface area contributed by atoms with Crippen molar-refractivity contribution in [3.63, 3.8) is 0 Å². The lowest BCUT2D eigenvalue weighted by Gasteiger charge is -2.15. The molecule has 74 valence electrons. The Kier molecular flexibility index (Phi) is 3.03. The maximum absolute atomic E-state index is 11.4. The van der Waals surface area contributed by atoms with Crippen LogP contribution < -0.4 is 17.0 Å². The molecule has 1 aromatic rings. The molecule has 0 aliphatic carbocycles. The van der Waals surface area contributed by atoms with E-state index in [4.69, 9.17) is 11.6 Å². The normalized spacial score (nSPS) is 9.21. The molecule has 0 bridgehead atoms. The van der Waals surface area contributed by atoms with Gasteiger partial charge in [0.05, 0.1) is 0 Å². The van der Waals surface area contributed by atoms with Crippen molar-refractivity contribution in [2.24, 2.45) is 11.6 Å². The number of nitrogens with one attached hydrogen (secondary N) is 1. The van der Waals surface area contributed by atoms with Crippen LogP contribution in [-0.2, 0) is 0 Å². The Hall–Kier alpha value is -2.08. The number of nitrogens with two attached hydrogens (primary N) is 2. The van der Waals surface area contributed by atoms with E-state index in [9.17, 15) is 9.59 Å². The van der Waals surface area contributed by atoms with Crippen LogP contribution in [0.15, 0.2) is 30.3 Å². The summed E-state index contributed by atoms with van der Waals surface area (Å²) in [7, 11) is 0. The molecule has 3 amide bonds. The Bertz CT molecular complexity index is 338. The van der Waals surface area contributed by atoms with Gasteiger partial charge in [0.2, 0.25) is 0 Å². The molecule has 6 nitrogen and oxygen atoms in total. The second-order valence-corrected chi connectivity index (χ2v) is 2.52. The van der Waals surface area contributed by atoms with Crippen LogP contribution in [0.4, 0.5) is 4.79 Å². The average Bonchev–Trinajstić information content (AvgIpc) is 2.17. The van der Waals surface area contributed by atoms with E-state index in [2.05, 4.69) is 0 Å². The van der Waals surface area contributed by atoms with Gasteiger partial charge in [-0.2, -0.15) is 5.12 Å². The fourth-order valence-electron chi connectivity index (χ4n) is 0.889. The van der Waals surface area contributed by atoms with E-state index in [1.807, 2.05) is 5.43 Å². The zero-order valence-corrected chi connectivity index (χ0v) is 7.31. The molecule has 1 aromatic carbocycles. The van der Waals surface area contributed by atoms with E-state index < -0.39 is 11.9 Å². The minimum absolute atomic E-state index is 0.365. The number of urea groups is 1. The standard InChI is InChI=1S/C8H10N4O2/c9-8(14)11-12(10)7(13)6-4-2-1-3-5-6/h1-5H,10H2,(H3,9,11,14). The molecular formula is C8H10N4O2. The van der Waals surface area contributed by atoms with Crippen molar-refractivity contribution in [1.82, 2.24) is 10.5 Å². The molecule has 0 saturated heterocycles. The van der Waals surface area contributed by atoms with E-state index in [0.717, 1.165) is 0 Å². The van der Waals surface area contributed by atoms with Crippen LogP contribution in [0.5, 0.6) is 0 Å². The van der Waals surface area contributed by atoms with Gasteiger partial charge < -0.3 is 5.73 Å². The van der Waals surface area contributed by atoms with Crippen molar-refractivity contribution in [1.29, 1.82) is 0 Å². The van der Waals surface area contributed by atoms with E-state index in [1.165, 1.54) is 0 Å². The van der Waals surface area contributed by atoms with Crippen LogP contribution in [0.2, 0.25) is 0 Å². The summed E-state index contributed by atoms with van der Waals surface area (Å²) in [6, 6.07) is 7.39. The van der Waals surface area contributed by atoms with Crippen molar-refractivity contribution < 1.29 is 9.59 Å². The van der Waals surface area contributed by atoms with Crippen LogP contribution in [0.3, 0.4) is 0 Å². The summed E-state index contributed by atoms with van der Waals surface area (Å²) in [4.78, 5) is 21.8. The summed E-state index contributed by atoms with van der Waals surface area (Å²) in [5, 5.41) is 0.539. The predicted octanol–water partition coefficient (Wildman–Crippen LogP) is -0.414. The number of nitrogens with zero attached hydrogens (tertiary/aromatic N) is 1. The second kappa shape index (κ2) is 4.24. The lowest BCUT2D eigenvalue weighted by molar-refractivity contribution is 0.0686. The number of hydrazine groups is 2. The third-order valence-electron chi connectivity index (χ3n) is 1.47. The van der Waals surface area contributed by atoms with E-state index >= 15 is 0 Å². The number of primary amides is 1. The molecule has 0 fully saturated rings.